The molecule has 0 spiro atoms. The van der Waals surface area contributed by atoms with E-state index in [4.69, 9.17) is 68.1 Å². The second-order valence-corrected chi connectivity index (χ2v) is 28.7. The van der Waals surface area contributed by atoms with Gasteiger partial charge in [0, 0.05) is 105 Å². The lowest BCUT2D eigenvalue weighted by Gasteiger charge is -2.15. The Morgan fingerprint density at radius 3 is 0.966 bits per heavy atom. The predicted octanol–water partition coefficient (Wildman–Crippen LogP) is 25.7. The van der Waals surface area contributed by atoms with Crippen molar-refractivity contribution < 1.29 is 13.3 Å². The van der Waals surface area contributed by atoms with E-state index in [1.54, 1.807) is 0 Å². The molecule has 22 aromatic rings. The maximum Gasteiger partial charge on any atom is 0.167 e. The zero-order valence-electron chi connectivity index (χ0n) is 62.4. The number of fused-ring (bicyclic) bond motifs is 9. The molecule has 22 rings (SSSR count). The van der Waals surface area contributed by atoms with E-state index in [1.165, 1.54) is 0 Å². The second-order valence-electron chi connectivity index (χ2n) is 28.7. The summed E-state index contributed by atoms with van der Waals surface area (Å²) in [4.78, 5) is 57.7. The van der Waals surface area contributed by atoms with Crippen LogP contribution in [0.3, 0.4) is 0 Å². The van der Waals surface area contributed by atoms with E-state index in [0.717, 1.165) is 161 Å². The van der Waals surface area contributed by atoms with Gasteiger partial charge in [-0.05, 0) is 82.9 Å². The summed E-state index contributed by atoms with van der Waals surface area (Å²) in [5.41, 5.74) is 21.8. The van der Waals surface area contributed by atoms with Crippen LogP contribution in [0.15, 0.2) is 383 Å². The van der Waals surface area contributed by atoms with Crippen molar-refractivity contribution in [3.63, 3.8) is 0 Å². The lowest BCUT2D eigenvalue weighted by molar-refractivity contribution is 0.668. The van der Waals surface area contributed by atoms with Crippen molar-refractivity contribution in [3.05, 3.63) is 370 Å². The number of furan rings is 3. The van der Waals surface area contributed by atoms with E-state index >= 15 is 0 Å². The number of aromatic nitrogens is 11. The van der Waals surface area contributed by atoms with E-state index in [9.17, 15) is 0 Å². The van der Waals surface area contributed by atoms with Gasteiger partial charge in [0.2, 0.25) is 0 Å². The Morgan fingerprint density at radius 2 is 0.470 bits per heavy atom. The molecule has 14 nitrogen and oxygen atoms in total. The number of rotatable bonds is 15. The van der Waals surface area contributed by atoms with Crippen molar-refractivity contribution in [2.45, 2.75) is 0 Å². The summed E-state index contributed by atoms with van der Waals surface area (Å²) < 4.78 is 20.4. The maximum absolute atomic E-state index is 7.11. The molecule has 0 bridgehead atoms. The standard InChI is InChI=1S/C103H61N11O3/c1-7-26-62(27-8-1)81-61-82(105-94(104-81)65-28-9-2-10-29-65)75-56-58-86-91(76-40-19-21-45-83(76)115-86)88(75)63-48-52-71(53-49-63)100-109-97(68-34-15-5-16-35-68)110-101(111-100)73-39-23-38-72(60-73)74-42-25-47-85-90(74)78-43-24-44-80(93(78)117-85)103-113-98(69-36-17-6-18-37-69)112-102(114-103)79-57-59-87-92(77-41-20-22-46-84(77)116-87)89(79)64-50-54-70(55-51-64)99-107-95(66-30-11-3-12-31-66)106-96(108-99)67-32-13-4-14-33-67/h1-61H. The first-order valence-electron chi connectivity index (χ1n) is 38.6. The van der Waals surface area contributed by atoms with E-state index in [0.29, 0.717) is 75.0 Å². The van der Waals surface area contributed by atoms with Crippen LogP contribution in [0.5, 0.6) is 0 Å². The summed E-state index contributed by atoms with van der Waals surface area (Å²) in [5, 5.41) is 5.67. The molecule has 0 atom stereocenters. The van der Waals surface area contributed by atoms with Crippen LogP contribution in [0, 0.1) is 0 Å². The number of benzene rings is 15. The normalized spacial score (nSPS) is 11.6. The molecule has 0 aliphatic rings. The third kappa shape index (κ3) is 12.4. The van der Waals surface area contributed by atoms with E-state index < -0.39 is 0 Å². The summed E-state index contributed by atoms with van der Waals surface area (Å²) >= 11 is 0. The summed E-state index contributed by atoms with van der Waals surface area (Å²) in [6.45, 7) is 0. The lowest BCUT2D eigenvalue weighted by atomic mass is 9.91. The average Bonchev–Trinajstić information content (AvgIpc) is 1.64. The minimum atomic E-state index is 0.435. The van der Waals surface area contributed by atoms with E-state index in [-0.39, 0.29) is 0 Å². The summed E-state index contributed by atoms with van der Waals surface area (Å²) in [6.07, 6.45) is 0. The minimum Gasteiger partial charge on any atom is -0.456 e. The number of hydrogen-bond donors (Lipinski definition) is 0. The van der Waals surface area contributed by atoms with Gasteiger partial charge < -0.3 is 13.3 Å². The molecule has 14 heteroatoms. The van der Waals surface area contributed by atoms with Crippen LogP contribution in [0.2, 0.25) is 0 Å². The van der Waals surface area contributed by atoms with Gasteiger partial charge in [0.05, 0.1) is 17.0 Å². The highest BCUT2D eigenvalue weighted by Gasteiger charge is 2.27. The maximum atomic E-state index is 7.11. The molecular weight excluding hydrogens is 1440 g/mol. The molecule has 7 heterocycles. The predicted molar refractivity (Wildman–Crippen MR) is 466 cm³/mol. The molecule has 0 saturated carbocycles. The summed E-state index contributed by atoms with van der Waals surface area (Å²) in [5.74, 6) is 5.29. The Hall–Kier alpha value is -16.2. The Morgan fingerprint density at radius 1 is 0.154 bits per heavy atom. The zero-order valence-corrected chi connectivity index (χ0v) is 62.4. The number of hydrogen-bond acceptors (Lipinski definition) is 14. The average molecular weight is 1500 g/mol. The highest BCUT2D eigenvalue weighted by molar-refractivity contribution is 6.18. The Labute approximate surface area is 669 Å². The Balaban J connectivity index is 0.646. The summed E-state index contributed by atoms with van der Waals surface area (Å²) in [6, 6.07) is 125. The highest BCUT2D eigenvalue weighted by Crippen LogP contribution is 2.48. The zero-order chi connectivity index (χ0) is 77.3. The third-order valence-corrected chi connectivity index (χ3v) is 21.5. The largest absolute Gasteiger partial charge is 0.456 e. The molecule has 0 aliphatic heterocycles. The number of nitrogens with zero attached hydrogens (tertiary/aromatic N) is 11. The molecule has 15 aromatic carbocycles. The van der Waals surface area contributed by atoms with Crippen molar-refractivity contribution >= 4 is 65.8 Å². The van der Waals surface area contributed by atoms with Crippen molar-refractivity contribution in [3.8, 4) is 170 Å². The first kappa shape index (κ1) is 67.7. The van der Waals surface area contributed by atoms with E-state index in [2.05, 4.69) is 140 Å². The van der Waals surface area contributed by atoms with Crippen LogP contribution < -0.4 is 0 Å². The molecule has 0 aliphatic carbocycles. The lowest BCUT2D eigenvalue weighted by Crippen LogP contribution is -2.01. The van der Waals surface area contributed by atoms with Crippen molar-refractivity contribution in [2.75, 3.05) is 0 Å². The molecule has 117 heavy (non-hydrogen) atoms. The van der Waals surface area contributed by atoms with Gasteiger partial charge in [-0.3, -0.25) is 0 Å². The molecule has 0 amide bonds. The van der Waals surface area contributed by atoms with Gasteiger partial charge in [-0.2, -0.15) is 0 Å². The van der Waals surface area contributed by atoms with Crippen LogP contribution >= 0.6 is 0 Å². The first-order valence-corrected chi connectivity index (χ1v) is 38.6. The van der Waals surface area contributed by atoms with Gasteiger partial charge >= 0.3 is 0 Å². The molecule has 7 aromatic heterocycles. The molecule has 0 unspecified atom stereocenters. The fourth-order valence-corrected chi connectivity index (χ4v) is 16.0. The van der Waals surface area contributed by atoms with Crippen molar-refractivity contribution in [2.24, 2.45) is 0 Å². The van der Waals surface area contributed by atoms with Gasteiger partial charge in [0.15, 0.2) is 58.2 Å². The van der Waals surface area contributed by atoms with Crippen LogP contribution in [-0.4, -0.2) is 54.8 Å². The molecule has 546 valence electrons. The highest BCUT2D eigenvalue weighted by atomic mass is 16.3. The molecule has 0 N–H and O–H groups in total. The van der Waals surface area contributed by atoms with Crippen molar-refractivity contribution in [1.82, 2.24) is 54.8 Å². The van der Waals surface area contributed by atoms with Crippen LogP contribution in [0.1, 0.15) is 0 Å². The van der Waals surface area contributed by atoms with Gasteiger partial charge in [-0.25, -0.2) is 54.8 Å². The molecule has 0 fully saturated rings. The number of para-hydroxylation sites is 3. The monoisotopic (exact) mass is 1500 g/mol. The minimum absolute atomic E-state index is 0.435. The van der Waals surface area contributed by atoms with Gasteiger partial charge in [-0.1, -0.05) is 309 Å². The molecule has 0 saturated heterocycles. The summed E-state index contributed by atoms with van der Waals surface area (Å²) in [7, 11) is 0. The fraction of sp³-hybridized carbons (Fsp3) is 0. The van der Waals surface area contributed by atoms with Gasteiger partial charge in [0.1, 0.15) is 33.5 Å². The van der Waals surface area contributed by atoms with Crippen molar-refractivity contribution in [1.29, 1.82) is 0 Å². The smallest absolute Gasteiger partial charge is 0.167 e. The fourth-order valence-electron chi connectivity index (χ4n) is 16.0. The van der Waals surface area contributed by atoms with Crippen LogP contribution in [-0.2, 0) is 0 Å². The third-order valence-electron chi connectivity index (χ3n) is 21.5. The molecular formula is C103H61N11O3. The molecule has 0 radical (unpaired) electrons. The SMILES string of the molecule is c1ccc(-c2cc(-c3ccc4oc5ccccc5c4c3-c3ccc(-c4nc(-c5ccccc5)nc(-c5cccc(-c6cccc7oc8c(-c9nc(-c%10ccccc%10)nc(-c%10ccc%11oc%12ccccc%12c%11c%10-c%10ccc(-c%11nc(-c%12ccccc%12)nc(-c%12ccccc%12)n%11)cc%10)n9)cccc8c67)c5)n4)cc3)nc(-c3ccccc3)n2)cc1. The van der Waals surface area contributed by atoms with Crippen LogP contribution in [0.25, 0.3) is 236 Å². The first-order chi connectivity index (χ1) is 57.9. The van der Waals surface area contributed by atoms with Crippen LogP contribution in [0.4, 0.5) is 0 Å². The second kappa shape index (κ2) is 28.5. The van der Waals surface area contributed by atoms with Gasteiger partial charge in [0.25, 0.3) is 0 Å². The van der Waals surface area contributed by atoms with Gasteiger partial charge in [-0.15, -0.1) is 0 Å². The van der Waals surface area contributed by atoms with E-state index in [1.807, 2.05) is 231 Å². The quantitative estimate of drug-likeness (QED) is 0.0945. The Bertz CT molecular complexity index is 7480. The topological polar surface area (TPSA) is 181 Å². The Kier molecular flexibility index (Phi) is 16.5.